The van der Waals surface area contributed by atoms with E-state index in [1.807, 2.05) is 0 Å². The maximum Gasteiger partial charge on any atom is 0.472 e. The maximum atomic E-state index is 12.9. The molecule has 0 bridgehead atoms. The molecule has 0 saturated carbocycles. The van der Waals surface area contributed by atoms with Crippen LogP contribution >= 0.6 is 15.6 Å². The van der Waals surface area contributed by atoms with Crippen LogP contribution in [0.5, 0.6) is 0 Å². The molecule has 0 radical (unpaired) electrons. The Morgan fingerprint density at radius 3 is 0.954 bits per heavy atom. The predicted molar refractivity (Wildman–Crippen MR) is 353 cm³/mol. The summed E-state index contributed by atoms with van der Waals surface area (Å²) < 4.78 is 60.8. The van der Waals surface area contributed by atoms with Gasteiger partial charge in [-0.1, -0.05) is 229 Å². The molecule has 87 heavy (non-hydrogen) atoms. The zero-order valence-electron chi connectivity index (χ0n) is 54.7. The van der Waals surface area contributed by atoms with Crippen molar-refractivity contribution >= 4 is 33.6 Å². The fourth-order valence-corrected chi connectivity index (χ4v) is 10.7. The molecule has 5 atom stereocenters. The lowest BCUT2D eigenvalue weighted by Gasteiger charge is -2.21. The van der Waals surface area contributed by atoms with Crippen molar-refractivity contribution in [3.8, 4) is 0 Å². The highest BCUT2D eigenvalue weighted by atomic mass is 31.2. The van der Waals surface area contributed by atoms with Crippen LogP contribution in [0.25, 0.3) is 0 Å². The number of unbranched alkanes of at least 4 members (excludes halogenated alkanes) is 30. The summed E-state index contributed by atoms with van der Waals surface area (Å²) in [5.74, 6) is -1.60. The van der Waals surface area contributed by atoms with Gasteiger partial charge in [0.25, 0.3) is 0 Å². The Kier molecular flexibility index (Phi) is 61.0. The number of hydrogen-bond acceptors (Lipinski definition) is 14. The van der Waals surface area contributed by atoms with Gasteiger partial charge in [0.05, 0.1) is 26.4 Å². The third-order valence-electron chi connectivity index (χ3n) is 14.4. The lowest BCUT2D eigenvalue weighted by Crippen LogP contribution is -2.30. The highest BCUT2D eigenvalue weighted by molar-refractivity contribution is 7.47. The fourth-order valence-electron chi connectivity index (χ4n) is 9.07. The van der Waals surface area contributed by atoms with Crippen molar-refractivity contribution in [2.75, 3.05) is 39.6 Å². The monoisotopic (exact) mass is 1270 g/mol. The molecule has 0 aliphatic carbocycles. The van der Waals surface area contributed by atoms with E-state index in [2.05, 4.69) is 93.7 Å². The SMILES string of the molecule is CCCCC/C=C\C/C=C\C/C=C\C/C=C\CCCCCCCCCC(=O)OCC(O)COP(=O)(O)OCC(O)COP(=O)(O)OCC(COC(=O)CCCCCCC/C=C\CCCCCCCC)OC(=O)CCCCCCC/C=C\CCCCCC. The largest absolute Gasteiger partial charge is 0.472 e. The van der Waals surface area contributed by atoms with Gasteiger partial charge in [-0.3, -0.25) is 32.5 Å². The molecule has 0 aliphatic heterocycles. The number of esters is 3. The first kappa shape index (κ1) is 84.0. The van der Waals surface area contributed by atoms with Crippen molar-refractivity contribution in [1.29, 1.82) is 0 Å². The van der Waals surface area contributed by atoms with E-state index in [0.29, 0.717) is 19.3 Å². The van der Waals surface area contributed by atoms with Crippen LogP contribution in [0.4, 0.5) is 0 Å². The number of phosphoric ester groups is 2. The summed E-state index contributed by atoms with van der Waals surface area (Å²) in [5.41, 5.74) is 0. The summed E-state index contributed by atoms with van der Waals surface area (Å²) in [4.78, 5) is 58.3. The standard InChI is InChI=1S/C69H124O16P2/c1-4-7-10-13-16-19-22-25-27-28-29-30-31-32-33-34-36-39-40-43-46-49-52-55-67(72)79-58-64(70)59-81-86(75,76)82-60-65(71)61-83-87(77,78)84-63-66(85-69(74)57-54-51-48-45-42-37-24-21-18-15-12-9-6-3)62-80-68(73)56-53-50-47-44-41-38-35-26-23-20-17-14-11-8-5-2/h16,19,21,24-27,29-30,32-33,35,64-66,70-71H,4-15,17-18,20,22-23,28,31,34,36-63H2,1-3H3,(H,75,76)(H,77,78)/b19-16-,24-21-,27-25-,30-29-,33-32-,35-26-. The third kappa shape index (κ3) is 64.3. The van der Waals surface area contributed by atoms with Crippen LogP contribution in [0, 0.1) is 0 Å². The highest BCUT2D eigenvalue weighted by Crippen LogP contribution is 2.45. The normalized spacial score (nSPS) is 14.7. The molecule has 4 N–H and O–H groups in total. The smallest absolute Gasteiger partial charge is 0.463 e. The number of aliphatic hydroxyl groups is 2. The molecule has 0 fully saturated rings. The maximum absolute atomic E-state index is 12.9. The lowest BCUT2D eigenvalue weighted by atomic mass is 10.1. The van der Waals surface area contributed by atoms with Gasteiger partial charge in [-0.05, 0) is 116 Å². The van der Waals surface area contributed by atoms with Crippen molar-refractivity contribution in [1.82, 2.24) is 0 Å². The van der Waals surface area contributed by atoms with Gasteiger partial charge in [-0.2, -0.15) is 0 Å². The molecule has 16 nitrogen and oxygen atoms in total. The molecule has 0 rings (SSSR count). The van der Waals surface area contributed by atoms with Crippen LogP contribution in [0.2, 0.25) is 0 Å². The van der Waals surface area contributed by atoms with Crippen LogP contribution in [-0.2, 0) is 55.8 Å². The minimum absolute atomic E-state index is 0.0947. The number of carbonyl (C=O) groups excluding carboxylic acids is 3. The summed E-state index contributed by atoms with van der Waals surface area (Å²) in [6.07, 6.45) is 65.3. The van der Waals surface area contributed by atoms with E-state index in [-0.39, 0.29) is 19.3 Å². The molecule has 0 spiro atoms. The lowest BCUT2D eigenvalue weighted by molar-refractivity contribution is -0.161. The number of aliphatic hydroxyl groups excluding tert-OH is 2. The first-order valence-electron chi connectivity index (χ1n) is 34.2. The zero-order chi connectivity index (χ0) is 63.8. The van der Waals surface area contributed by atoms with Crippen molar-refractivity contribution in [2.24, 2.45) is 0 Å². The second kappa shape index (κ2) is 63.2. The Hall–Kier alpha value is -3.01. The quantitative estimate of drug-likeness (QED) is 0.0146. The predicted octanol–water partition coefficient (Wildman–Crippen LogP) is 18.8. The number of rotatable bonds is 65. The Morgan fingerprint density at radius 1 is 0.322 bits per heavy atom. The van der Waals surface area contributed by atoms with Gasteiger partial charge in [0.2, 0.25) is 0 Å². The second-order valence-corrected chi connectivity index (χ2v) is 25.9. The van der Waals surface area contributed by atoms with Crippen molar-refractivity contribution < 1.29 is 75.8 Å². The summed E-state index contributed by atoms with van der Waals surface area (Å²) in [6, 6.07) is 0. The van der Waals surface area contributed by atoms with Crippen molar-refractivity contribution in [3.63, 3.8) is 0 Å². The number of carbonyl (C=O) groups is 3. The van der Waals surface area contributed by atoms with Gasteiger partial charge in [0.15, 0.2) is 6.10 Å². The van der Waals surface area contributed by atoms with E-state index in [1.165, 1.54) is 89.9 Å². The molecule has 0 amide bonds. The average Bonchev–Trinajstić information content (AvgIpc) is 3.63. The number of hydrogen-bond donors (Lipinski definition) is 4. The van der Waals surface area contributed by atoms with Gasteiger partial charge in [0, 0.05) is 19.3 Å². The fraction of sp³-hybridized carbons (Fsp3) is 0.783. The highest BCUT2D eigenvalue weighted by Gasteiger charge is 2.29. The molecule has 0 aromatic heterocycles. The number of phosphoric acid groups is 2. The van der Waals surface area contributed by atoms with Gasteiger partial charge in [0.1, 0.15) is 25.4 Å². The van der Waals surface area contributed by atoms with Crippen molar-refractivity contribution in [2.45, 2.75) is 309 Å². The van der Waals surface area contributed by atoms with Gasteiger partial charge < -0.3 is 34.2 Å². The van der Waals surface area contributed by atoms with E-state index >= 15 is 0 Å². The molecule has 0 heterocycles. The van der Waals surface area contributed by atoms with E-state index in [9.17, 15) is 43.5 Å². The summed E-state index contributed by atoms with van der Waals surface area (Å²) in [6.45, 7) is 2.60. The summed E-state index contributed by atoms with van der Waals surface area (Å²) in [7, 11) is -9.77. The molecule has 18 heteroatoms. The molecule has 506 valence electrons. The molecule has 0 aromatic carbocycles. The first-order valence-corrected chi connectivity index (χ1v) is 37.2. The summed E-state index contributed by atoms with van der Waals surface area (Å²) >= 11 is 0. The Morgan fingerprint density at radius 2 is 0.575 bits per heavy atom. The van der Waals surface area contributed by atoms with Gasteiger partial charge in [-0.15, -0.1) is 0 Å². The number of allylic oxidation sites excluding steroid dienone is 12. The molecular weight excluding hydrogens is 1150 g/mol. The Bertz CT molecular complexity index is 1880. The minimum atomic E-state index is -4.92. The van der Waals surface area contributed by atoms with E-state index in [1.54, 1.807) is 0 Å². The average molecular weight is 1270 g/mol. The molecule has 5 unspecified atom stereocenters. The van der Waals surface area contributed by atoms with Gasteiger partial charge in [-0.25, -0.2) is 9.13 Å². The third-order valence-corrected chi connectivity index (χ3v) is 16.3. The van der Waals surface area contributed by atoms with E-state index in [4.69, 9.17) is 32.3 Å². The van der Waals surface area contributed by atoms with E-state index in [0.717, 1.165) is 141 Å². The molecular formula is C69H124O16P2. The van der Waals surface area contributed by atoms with Crippen LogP contribution < -0.4 is 0 Å². The first-order chi connectivity index (χ1) is 42.2. The summed E-state index contributed by atoms with van der Waals surface area (Å²) in [5, 5.41) is 20.5. The van der Waals surface area contributed by atoms with Crippen LogP contribution in [0.3, 0.4) is 0 Å². The Labute approximate surface area is 528 Å². The number of ether oxygens (including phenoxy) is 3. The van der Waals surface area contributed by atoms with Crippen LogP contribution in [0.1, 0.15) is 290 Å². The van der Waals surface area contributed by atoms with Crippen LogP contribution in [0.15, 0.2) is 72.9 Å². The molecule has 0 aliphatic rings. The Balaban J connectivity index is 4.57. The van der Waals surface area contributed by atoms with Gasteiger partial charge >= 0.3 is 33.6 Å². The topological polar surface area (TPSA) is 231 Å². The zero-order valence-corrected chi connectivity index (χ0v) is 56.5. The van der Waals surface area contributed by atoms with Crippen LogP contribution in [-0.4, -0.2) is 95.9 Å². The molecule has 0 aromatic rings. The van der Waals surface area contributed by atoms with Crippen molar-refractivity contribution in [3.05, 3.63) is 72.9 Å². The minimum Gasteiger partial charge on any atom is -0.463 e. The second-order valence-electron chi connectivity index (χ2n) is 23.0. The van der Waals surface area contributed by atoms with E-state index < -0.39 is 91.5 Å². The molecule has 0 saturated heterocycles.